The Morgan fingerprint density at radius 2 is 1.43 bits per heavy atom. The minimum Gasteiger partial charge on any atom is -0.494 e. The summed E-state index contributed by atoms with van der Waals surface area (Å²) in [7, 11) is -3.30. The average molecular weight is 317 g/mol. The molecule has 0 heterocycles. The molecule has 1 aromatic carbocycles. The van der Waals surface area contributed by atoms with Crippen LogP contribution in [-0.4, -0.2) is 20.8 Å². The monoisotopic (exact) mass is 317 g/mol. The zero-order valence-electron chi connectivity index (χ0n) is 12.3. The Labute approximate surface area is 126 Å². The van der Waals surface area contributed by atoms with Crippen LogP contribution in [0.5, 0.6) is 5.75 Å². The number of nitrogens with two attached hydrogens (primary N) is 1. The van der Waals surface area contributed by atoms with Crippen LogP contribution in [0.3, 0.4) is 0 Å². The number of unbranched alkanes of at least 4 members (excludes halogenated alkanes) is 6. The van der Waals surface area contributed by atoms with E-state index in [4.69, 9.17) is 9.88 Å². The van der Waals surface area contributed by atoms with Crippen molar-refractivity contribution in [2.75, 3.05) is 12.4 Å². The van der Waals surface area contributed by atoms with Crippen LogP contribution in [-0.2, 0) is 10.0 Å². The Bertz CT molecular complexity index is 488. The molecule has 4 nitrogen and oxygen atoms in total. The van der Waals surface area contributed by atoms with Crippen molar-refractivity contribution in [3.63, 3.8) is 0 Å². The molecule has 0 atom stereocenters. The summed E-state index contributed by atoms with van der Waals surface area (Å²) in [6.07, 6.45) is 6.84. The standard InChI is InChI=1S/C15H24FNO3S/c16-14-8-10-15(11-9-14)20-12-6-4-2-1-3-5-7-13-21(17,18)19/h8-11H,1-7,12-13H2,(H2,17,18,19). The lowest BCUT2D eigenvalue weighted by atomic mass is 10.1. The van der Waals surface area contributed by atoms with Crippen LogP contribution in [0.1, 0.15) is 44.9 Å². The number of hydrogen-bond donors (Lipinski definition) is 1. The van der Waals surface area contributed by atoms with Gasteiger partial charge in [0, 0.05) is 0 Å². The molecule has 0 aliphatic rings. The van der Waals surface area contributed by atoms with Crippen molar-refractivity contribution in [2.24, 2.45) is 5.14 Å². The van der Waals surface area contributed by atoms with Crippen LogP contribution in [0.25, 0.3) is 0 Å². The fourth-order valence-electron chi connectivity index (χ4n) is 2.01. The molecule has 0 aliphatic heterocycles. The van der Waals surface area contributed by atoms with Crippen LogP contribution in [0, 0.1) is 5.82 Å². The normalized spacial score (nSPS) is 11.5. The molecule has 120 valence electrons. The molecular weight excluding hydrogens is 293 g/mol. The zero-order chi connectivity index (χ0) is 15.6. The van der Waals surface area contributed by atoms with E-state index in [1.54, 1.807) is 12.1 Å². The molecule has 21 heavy (non-hydrogen) atoms. The summed E-state index contributed by atoms with van der Waals surface area (Å²) in [5, 5.41) is 4.92. The topological polar surface area (TPSA) is 69.4 Å². The first-order valence-electron chi connectivity index (χ1n) is 7.36. The lowest BCUT2D eigenvalue weighted by Gasteiger charge is -2.06. The van der Waals surface area contributed by atoms with Crippen molar-refractivity contribution in [1.29, 1.82) is 0 Å². The van der Waals surface area contributed by atoms with Crippen molar-refractivity contribution in [2.45, 2.75) is 44.9 Å². The van der Waals surface area contributed by atoms with Gasteiger partial charge in [-0.25, -0.2) is 17.9 Å². The first-order chi connectivity index (χ1) is 9.97. The number of hydrogen-bond acceptors (Lipinski definition) is 3. The smallest absolute Gasteiger partial charge is 0.209 e. The Morgan fingerprint density at radius 3 is 2.00 bits per heavy atom. The van der Waals surface area contributed by atoms with Crippen LogP contribution in [0.4, 0.5) is 4.39 Å². The fraction of sp³-hybridized carbons (Fsp3) is 0.600. The maximum Gasteiger partial charge on any atom is 0.209 e. The van der Waals surface area contributed by atoms with E-state index in [1.165, 1.54) is 12.1 Å². The molecule has 1 aromatic rings. The Hall–Kier alpha value is -1.14. The number of sulfonamides is 1. The molecular formula is C15H24FNO3S. The molecule has 6 heteroatoms. The summed E-state index contributed by atoms with van der Waals surface area (Å²) in [4.78, 5) is 0. The van der Waals surface area contributed by atoms with E-state index in [9.17, 15) is 12.8 Å². The highest BCUT2D eigenvalue weighted by Gasteiger charge is 2.01. The van der Waals surface area contributed by atoms with Gasteiger partial charge in [-0.3, -0.25) is 0 Å². The molecule has 0 aromatic heterocycles. The Balaban J connectivity index is 1.90. The van der Waals surface area contributed by atoms with Crippen molar-refractivity contribution in [1.82, 2.24) is 0 Å². The predicted octanol–water partition coefficient (Wildman–Crippen LogP) is 3.22. The third kappa shape index (κ3) is 10.3. The molecule has 0 saturated carbocycles. The van der Waals surface area contributed by atoms with Gasteiger partial charge in [0.2, 0.25) is 10.0 Å². The van der Waals surface area contributed by atoms with Gasteiger partial charge in [-0.15, -0.1) is 0 Å². The van der Waals surface area contributed by atoms with Gasteiger partial charge in [0.05, 0.1) is 12.4 Å². The van der Waals surface area contributed by atoms with Gasteiger partial charge in [0.25, 0.3) is 0 Å². The summed E-state index contributed by atoms with van der Waals surface area (Å²) in [5.41, 5.74) is 0. The first-order valence-corrected chi connectivity index (χ1v) is 9.08. The lowest BCUT2D eigenvalue weighted by molar-refractivity contribution is 0.304. The summed E-state index contributed by atoms with van der Waals surface area (Å²) in [6.45, 7) is 0.636. The van der Waals surface area contributed by atoms with Gasteiger partial charge in [-0.1, -0.05) is 32.1 Å². The second kappa shape index (κ2) is 9.73. The third-order valence-corrected chi connectivity index (χ3v) is 4.01. The number of ether oxygens (including phenoxy) is 1. The highest BCUT2D eigenvalue weighted by molar-refractivity contribution is 7.89. The Morgan fingerprint density at radius 1 is 0.905 bits per heavy atom. The van der Waals surface area contributed by atoms with E-state index in [1.807, 2.05) is 0 Å². The van der Waals surface area contributed by atoms with Crippen LogP contribution >= 0.6 is 0 Å². The van der Waals surface area contributed by atoms with E-state index in [0.717, 1.165) is 38.5 Å². The summed E-state index contributed by atoms with van der Waals surface area (Å²) in [6, 6.07) is 6.02. The minimum absolute atomic E-state index is 0.0819. The van der Waals surface area contributed by atoms with Crippen molar-refractivity contribution in [3.05, 3.63) is 30.1 Å². The van der Waals surface area contributed by atoms with E-state index in [0.29, 0.717) is 18.8 Å². The molecule has 0 radical (unpaired) electrons. The van der Waals surface area contributed by atoms with E-state index >= 15 is 0 Å². The van der Waals surface area contributed by atoms with Crippen molar-refractivity contribution < 1.29 is 17.5 Å². The van der Waals surface area contributed by atoms with E-state index in [2.05, 4.69) is 0 Å². The molecule has 2 N–H and O–H groups in total. The highest BCUT2D eigenvalue weighted by atomic mass is 32.2. The highest BCUT2D eigenvalue weighted by Crippen LogP contribution is 2.12. The predicted molar refractivity (Wildman–Crippen MR) is 82.2 cm³/mol. The van der Waals surface area contributed by atoms with Crippen LogP contribution < -0.4 is 9.88 Å². The van der Waals surface area contributed by atoms with Gasteiger partial charge in [-0.2, -0.15) is 0 Å². The van der Waals surface area contributed by atoms with Gasteiger partial charge in [0.1, 0.15) is 11.6 Å². The summed E-state index contributed by atoms with van der Waals surface area (Å²) >= 11 is 0. The fourth-order valence-corrected chi connectivity index (χ4v) is 2.62. The molecule has 0 unspecified atom stereocenters. The zero-order valence-corrected chi connectivity index (χ0v) is 13.1. The maximum atomic E-state index is 12.7. The molecule has 0 saturated heterocycles. The Kier molecular flexibility index (Phi) is 8.30. The molecule has 1 rings (SSSR count). The molecule has 0 amide bonds. The molecule has 0 aliphatic carbocycles. The first kappa shape index (κ1) is 17.9. The van der Waals surface area contributed by atoms with Gasteiger partial charge < -0.3 is 4.74 Å². The number of primary sulfonamides is 1. The summed E-state index contributed by atoms with van der Waals surface area (Å²) in [5.74, 6) is 0.516. The summed E-state index contributed by atoms with van der Waals surface area (Å²) < 4.78 is 39.6. The number of halogens is 1. The quantitative estimate of drug-likeness (QED) is 0.637. The minimum atomic E-state index is -3.30. The SMILES string of the molecule is NS(=O)(=O)CCCCCCCCCOc1ccc(F)cc1. The number of benzene rings is 1. The maximum absolute atomic E-state index is 12.7. The average Bonchev–Trinajstić information content (AvgIpc) is 2.42. The van der Waals surface area contributed by atoms with Gasteiger partial charge in [0.15, 0.2) is 0 Å². The number of rotatable bonds is 11. The largest absolute Gasteiger partial charge is 0.494 e. The van der Waals surface area contributed by atoms with Crippen molar-refractivity contribution in [3.8, 4) is 5.75 Å². The van der Waals surface area contributed by atoms with Gasteiger partial charge >= 0.3 is 0 Å². The lowest BCUT2D eigenvalue weighted by Crippen LogP contribution is -2.16. The van der Waals surface area contributed by atoms with E-state index in [-0.39, 0.29) is 11.6 Å². The molecule has 0 bridgehead atoms. The molecule has 0 spiro atoms. The second-order valence-corrected chi connectivity index (χ2v) is 6.88. The second-order valence-electron chi connectivity index (χ2n) is 5.14. The van der Waals surface area contributed by atoms with Gasteiger partial charge in [-0.05, 0) is 37.1 Å². The van der Waals surface area contributed by atoms with Crippen molar-refractivity contribution >= 4 is 10.0 Å². The van der Waals surface area contributed by atoms with Crippen LogP contribution in [0.2, 0.25) is 0 Å². The van der Waals surface area contributed by atoms with Crippen LogP contribution in [0.15, 0.2) is 24.3 Å². The molecule has 0 fully saturated rings. The third-order valence-electron chi connectivity index (χ3n) is 3.16. The van der Waals surface area contributed by atoms with E-state index < -0.39 is 10.0 Å².